The van der Waals surface area contributed by atoms with Gasteiger partial charge < -0.3 is 15.1 Å². The van der Waals surface area contributed by atoms with Crippen LogP contribution in [0.2, 0.25) is 0 Å². The summed E-state index contributed by atoms with van der Waals surface area (Å²) in [5.74, 6) is 0.532. The van der Waals surface area contributed by atoms with E-state index in [2.05, 4.69) is 47.2 Å². The molecule has 0 aromatic heterocycles. The molecule has 0 radical (unpaired) electrons. The van der Waals surface area contributed by atoms with Crippen molar-refractivity contribution < 1.29 is 4.79 Å². The molecule has 0 bridgehead atoms. The van der Waals surface area contributed by atoms with Crippen LogP contribution >= 0.6 is 12.4 Å². The average Bonchev–Trinajstić information content (AvgIpc) is 3.13. The van der Waals surface area contributed by atoms with E-state index in [1.807, 2.05) is 4.90 Å². The normalized spacial score (nSPS) is 22.7. The number of nitrogens with one attached hydrogen (secondary N) is 1. The highest BCUT2D eigenvalue weighted by atomic mass is 35.5. The van der Waals surface area contributed by atoms with E-state index in [1.54, 1.807) is 0 Å². The number of fused-ring (bicyclic) bond motifs is 2. The highest BCUT2D eigenvalue weighted by Crippen LogP contribution is 2.29. The van der Waals surface area contributed by atoms with Gasteiger partial charge in [0.2, 0.25) is 0 Å². The van der Waals surface area contributed by atoms with Gasteiger partial charge in [-0.1, -0.05) is 32.0 Å². The summed E-state index contributed by atoms with van der Waals surface area (Å²) in [6.45, 7) is 11.0. The fourth-order valence-corrected chi connectivity index (χ4v) is 4.36. The zero-order valence-electron chi connectivity index (χ0n) is 15.2. The molecule has 4 rings (SSSR count). The van der Waals surface area contributed by atoms with Crippen LogP contribution < -0.4 is 5.32 Å². The molecule has 0 spiro atoms. The number of anilines is 1. The molecule has 6 heteroatoms. The quantitative estimate of drug-likeness (QED) is 0.892. The second-order valence-corrected chi connectivity index (χ2v) is 7.79. The zero-order chi connectivity index (χ0) is 16.7. The van der Waals surface area contributed by atoms with E-state index >= 15 is 0 Å². The molecule has 1 aromatic rings. The molecule has 1 N–H and O–H groups in total. The third kappa shape index (κ3) is 3.58. The largest absolute Gasteiger partial charge is 0.384 e. The molecule has 0 saturated carbocycles. The Morgan fingerprint density at radius 1 is 1.24 bits per heavy atom. The Kier molecular flexibility index (Phi) is 5.44. The number of carbonyl (C=O) groups is 1. The number of hydrogen-bond donors (Lipinski definition) is 1. The molecule has 1 atom stereocenters. The summed E-state index contributed by atoms with van der Waals surface area (Å²) in [6, 6.07) is 7.26. The minimum atomic E-state index is 0. The lowest BCUT2D eigenvalue weighted by molar-refractivity contribution is 0.116. The number of hydrogen-bond acceptors (Lipinski definition) is 3. The summed E-state index contributed by atoms with van der Waals surface area (Å²) in [4.78, 5) is 19.2. The first-order valence-electron chi connectivity index (χ1n) is 9.24. The van der Waals surface area contributed by atoms with Crippen LogP contribution in [0.25, 0.3) is 0 Å². The molecule has 1 unspecified atom stereocenters. The molecule has 3 heterocycles. The Morgan fingerprint density at radius 2 is 2.08 bits per heavy atom. The number of benzene rings is 1. The fraction of sp³-hybridized carbons (Fsp3) is 0.632. The van der Waals surface area contributed by atoms with Gasteiger partial charge in [0.15, 0.2) is 0 Å². The van der Waals surface area contributed by atoms with Crippen molar-refractivity contribution in [3.63, 3.8) is 0 Å². The van der Waals surface area contributed by atoms with Gasteiger partial charge in [0.1, 0.15) is 0 Å². The topological polar surface area (TPSA) is 38.8 Å². The number of urea groups is 1. The highest BCUT2D eigenvalue weighted by molar-refractivity contribution is 5.85. The summed E-state index contributed by atoms with van der Waals surface area (Å²) in [5, 5.41) is 3.54. The Balaban J connectivity index is 0.00000182. The van der Waals surface area contributed by atoms with Crippen molar-refractivity contribution in [1.82, 2.24) is 14.7 Å². The maximum absolute atomic E-state index is 12.5. The van der Waals surface area contributed by atoms with Crippen molar-refractivity contribution >= 4 is 24.1 Å². The number of halogens is 1. The maximum atomic E-state index is 12.5. The molecule has 3 aliphatic rings. The first-order valence-corrected chi connectivity index (χ1v) is 9.24. The number of rotatable bonds is 4. The van der Waals surface area contributed by atoms with Crippen molar-refractivity contribution in [3.05, 3.63) is 29.3 Å². The van der Waals surface area contributed by atoms with E-state index in [1.165, 1.54) is 16.8 Å². The van der Waals surface area contributed by atoms with Crippen LogP contribution in [0.4, 0.5) is 10.5 Å². The van der Waals surface area contributed by atoms with E-state index in [9.17, 15) is 4.79 Å². The molecule has 138 valence electrons. The van der Waals surface area contributed by atoms with Crippen LogP contribution in [0.3, 0.4) is 0 Å². The first-order chi connectivity index (χ1) is 11.6. The number of para-hydroxylation sites is 1. The minimum absolute atomic E-state index is 0. The van der Waals surface area contributed by atoms with Crippen molar-refractivity contribution in [3.8, 4) is 0 Å². The van der Waals surface area contributed by atoms with Crippen molar-refractivity contribution in [2.75, 3.05) is 44.6 Å². The third-order valence-electron chi connectivity index (χ3n) is 5.43. The Labute approximate surface area is 156 Å². The van der Waals surface area contributed by atoms with Crippen LogP contribution in [0.5, 0.6) is 0 Å². The predicted octanol–water partition coefficient (Wildman–Crippen LogP) is 2.65. The SMILES string of the molecule is CC(C)CN1CC2CN(Cc3cccc4c3NCC4)CCN2C1=O.Cl. The smallest absolute Gasteiger partial charge is 0.320 e. The summed E-state index contributed by atoms with van der Waals surface area (Å²) in [7, 11) is 0. The third-order valence-corrected chi connectivity index (χ3v) is 5.43. The monoisotopic (exact) mass is 364 g/mol. The minimum Gasteiger partial charge on any atom is -0.384 e. The highest BCUT2D eigenvalue weighted by Gasteiger charge is 2.40. The van der Waals surface area contributed by atoms with Gasteiger partial charge in [0.05, 0.1) is 6.04 Å². The van der Waals surface area contributed by atoms with Crippen LogP contribution in [0.1, 0.15) is 25.0 Å². The predicted molar refractivity (Wildman–Crippen MR) is 103 cm³/mol. The Hall–Kier alpha value is -1.46. The number of piperazine rings is 1. The van der Waals surface area contributed by atoms with Crippen LogP contribution in [0.15, 0.2) is 18.2 Å². The molecule has 3 aliphatic heterocycles. The molecule has 2 fully saturated rings. The molecular formula is C19H29ClN4O. The summed E-state index contributed by atoms with van der Waals surface area (Å²) in [6.07, 6.45) is 1.14. The van der Waals surface area contributed by atoms with E-state index in [0.717, 1.165) is 52.2 Å². The second kappa shape index (κ2) is 7.42. The van der Waals surface area contributed by atoms with Crippen molar-refractivity contribution in [2.24, 2.45) is 5.92 Å². The van der Waals surface area contributed by atoms with E-state index in [-0.39, 0.29) is 18.4 Å². The summed E-state index contributed by atoms with van der Waals surface area (Å²) >= 11 is 0. The first kappa shape index (κ1) is 18.3. The molecule has 0 aliphatic carbocycles. The van der Waals surface area contributed by atoms with Crippen LogP contribution in [0, 0.1) is 5.92 Å². The molecule has 2 saturated heterocycles. The lowest BCUT2D eigenvalue weighted by Gasteiger charge is -2.36. The van der Waals surface area contributed by atoms with Gasteiger partial charge in [-0.2, -0.15) is 0 Å². The Bertz CT molecular complexity index is 636. The molecule has 2 amide bonds. The Morgan fingerprint density at radius 3 is 2.88 bits per heavy atom. The second-order valence-electron chi connectivity index (χ2n) is 7.79. The van der Waals surface area contributed by atoms with E-state index in [0.29, 0.717) is 12.0 Å². The fourth-order valence-electron chi connectivity index (χ4n) is 4.36. The number of carbonyl (C=O) groups excluding carboxylic acids is 1. The molecule has 5 nitrogen and oxygen atoms in total. The van der Waals surface area contributed by atoms with E-state index < -0.39 is 0 Å². The number of nitrogens with zero attached hydrogens (tertiary/aromatic N) is 3. The van der Waals surface area contributed by atoms with Crippen LogP contribution in [-0.4, -0.2) is 66.0 Å². The standard InChI is InChI=1S/C19H28N4O.ClH/c1-14(2)10-22-13-17-12-21(8-9-23(17)19(22)24)11-16-5-3-4-15-6-7-20-18(15)16;/h3-5,14,17,20H,6-13H2,1-2H3;1H. The lowest BCUT2D eigenvalue weighted by Crippen LogP contribution is -2.51. The molecule has 1 aromatic carbocycles. The van der Waals surface area contributed by atoms with Gasteiger partial charge in [-0.15, -0.1) is 12.4 Å². The van der Waals surface area contributed by atoms with Gasteiger partial charge in [-0.25, -0.2) is 4.79 Å². The number of amides is 2. The average molecular weight is 365 g/mol. The van der Waals surface area contributed by atoms with Crippen molar-refractivity contribution in [2.45, 2.75) is 32.9 Å². The zero-order valence-corrected chi connectivity index (χ0v) is 16.0. The van der Waals surface area contributed by atoms with Gasteiger partial charge in [-0.05, 0) is 23.5 Å². The maximum Gasteiger partial charge on any atom is 0.320 e. The molecular weight excluding hydrogens is 336 g/mol. The summed E-state index contributed by atoms with van der Waals surface area (Å²) < 4.78 is 0. The van der Waals surface area contributed by atoms with Gasteiger partial charge in [0.25, 0.3) is 0 Å². The van der Waals surface area contributed by atoms with Gasteiger partial charge in [-0.3, -0.25) is 4.90 Å². The van der Waals surface area contributed by atoms with E-state index in [4.69, 9.17) is 0 Å². The van der Waals surface area contributed by atoms with Crippen molar-refractivity contribution in [1.29, 1.82) is 0 Å². The van der Waals surface area contributed by atoms with Crippen LogP contribution in [-0.2, 0) is 13.0 Å². The summed E-state index contributed by atoms with van der Waals surface area (Å²) in [5.41, 5.74) is 4.20. The van der Waals surface area contributed by atoms with Gasteiger partial charge >= 0.3 is 6.03 Å². The van der Waals surface area contributed by atoms with Gasteiger partial charge in [0, 0.05) is 51.5 Å². The molecule has 25 heavy (non-hydrogen) atoms. The lowest BCUT2D eigenvalue weighted by atomic mass is 10.1.